The fourth-order valence-electron chi connectivity index (χ4n) is 2.11. The van der Waals surface area contributed by atoms with Crippen LogP contribution in [0.2, 0.25) is 0 Å². The minimum Gasteiger partial charge on any atom is -0.391 e. The fourth-order valence-corrected chi connectivity index (χ4v) is 2.11. The van der Waals surface area contributed by atoms with Gasteiger partial charge in [0.15, 0.2) is 0 Å². The summed E-state index contributed by atoms with van der Waals surface area (Å²) in [7, 11) is 1.89. The van der Waals surface area contributed by atoms with Gasteiger partial charge in [-0.15, -0.1) is 0 Å². The van der Waals surface area contributed by atoms with Gasteiger partial charge < -0.3 is 5.11 Å². The lowest BCUT2D eigenvalue weighted by Crippen LogP contribution is -2.08. The molecule has 2 rings (SSSR count). The molecule has 2 heterocycles. The Kier molecular flexibility index (Phi) is 3.28. The number of rotatable bonds is 4. The normalized spacial score (nSPS) is 11.1. The number of imidazole rings is 1. The highest BCUT2D eigenvalue weighted by Gasteiger charge is 2.16. The van der Waals surface area contributed by atoms with Gasteiger partial charge in [0, 0.05) is 31.4 Å². The predicted octanol–water partition coefficient (Wildman–Crippen LogP) is 1.36. The van der Waals surface area contributed by atoms with Crippen molar-refractivity contribution in [2.45, 2.75) is 33.3 Å². The van der Waals surface area contributed by atoms with E-state index in [9.17, 15) is 5.11 Å². The molecule has 17 heavy (non-hydrogen) atoms. The zero-order valence-corrected chi connectivity index (χ0v) is 10.5. The van der Waals surface area contributed by atoms with Crippen molar-refractivity contribution in [2.24, 2.45) is 7.05 Å². The van der Waals surface area contributed by atoms with E-state index in [-0.39, 0.29) is 6.61 Å². The third kappa shape index (κ3) is 1.98. The zero-order valence-electron chi connectivity index (χ0n) is 10.5. The first-order valence-electron chi connectivity index (χ1n) is 5.85. The molecule has 0 fully saturated rings. The first-order chi connectivity index (χ1) is 8.19. The van der Waals surface area contributed by atoms with Crippen molar-refractivity contribution in [3.63, 3.8) is 0 Å². The number of aliphatic hydroxyl groups is 1. The first kappa shape index (κ1) is 11.9. The number of nitrogens with zero attached hydrogens (tertiary/aromatic N) is 4. The lowest BCUT2D eigenvalue weighted by atomic mass is 10.2. The summed E-state index contributed by atoms with van der Waals surface area (Å²) in [6.45, 7) is 4.03. The number of aryl methyl sites for hydroxylation is 3. The Morgan fingerprint density at radius 1 is 1.41 bits per heavy atom. The summed E-state index contributed by atoms with van der Waals surface area (Å²) in [6, 6.07) is 0. The number of hydrogen-bond donors (Lipinski definition) is 1. The van der Waals surface area contributed by atoms with E-state index in [2.05, 4.69) is 17.0 Å². The maximum atomic E-state index is 9.45. The summed E-state index contributed by atoms with van der Waals surface area (Å²) >= 11 is 0. The van der Waals surface area contributed by atoms with E-state index >= 15 is 0 Å². The van der Waals surface area contributed by atoms with E-state index in [4.69, 9.17) is 0 Å². The van der Waals surface area contributed by atoms with Crippen LogP contribution in [0.3, 0.4) is 0 Å². The molecule has 0 aliphatic carbocycles. The molecule has 0 saturated heterocycles. The fraction of sp³-hybridized carbons (Fsp3) is 0.500. The molecule has 2 aromatic rings. The summed E-state index contributed by atoms with van der Waals surface area (Å²) in [5.74, 6) is 1.91. The summed E-state index contributed by atoms with van der Waals surface area (Å²) in [5.41, 5.74) is 1.73. The molecule has 0 amide bonds. The van der Waals surface area contributed by atoms with Gasteiger partial charge in [0.2, 0.25) is 0 Å². The van der Waals surface area contributed by atoms with E-state index < -0.39 is 0 Å². The van der Waals surface area contributed by atoms with Crippen LogP contribution in [-0.2, 0) is 20.1 Å². The third-order valence-corrected chi connectivity index (χ3v) is 2.89. The van der Waals surface area contributed by atoms with Gasteiger partial charge >= 0.3 is 0 Å². The Morgan fingerprint density at radius 2 is 2.18 bits per heavy atom. The van der Waals surface area contributed by atoms with E-state index in [0.29, 0.717) is 0 Å². The molecule has 5 heteroatoms. The summed E-state index contributed by atoms with van der Waals surface area (Å²) in [5, 5.41) is 13.8. The average Bonchev–Trinajstić information content (AvgIpc) is 2.83. The van der Waals surface area contributed by atoms with Crippen molar-refractivity contribution >= 4 is 0 Å². The minimum absolute atomic E-state index is 0.00124. The third-order valence-electron chi connectivity index (χ3n) is 2.89. The topological polar surface area (TPSA) is 55.9 Å². The van der Waals surface area contributed by atoms with Gasteiger partial charge in [-0.3, -0.25) is 9.25 Å². The quantitative estimate of drug-likeness (QED) is 0.869. The van der Waals surface area contributed by atoms with E-state index in [1.807, 2.05) is 24.7 Å². The lowest BCUT2D eigenvalue weighted by Gasteiger charge is -2.09. The standard InChI is InChI=1S/C12H18N4O/c1-4-5-11-13-6-7-16(11)12-10(8-17)9(2)14-15(12)3/h6-7,17H,4-5,8H2,1-3H3. The molecule has 0 aromatic carbocycles. The summed E-state index contributed by atoms with van der Waals surface area (Å²) in [4.78, 5) is 4.35. The predicted molar refractivity (Wildman–Crippen MR) is 65.0 cm³/mol. The van der Waals surface area contributed by atoms with Crippen LogP contribution < -0.4 is 0 Å². The molecule has 0 aliphatic rings. The van der Waals surface area contributed by atoms with Crippen LogP contribution in [0.4, 0.5) is 0 Å². The average molecular weight is 234 g/mol. The monoisotopic (exact) mass is 234 g/mol. The van der Waals surface area contributed by atoms with Crippen molar-refractivity contribution in [2.75, 3.05) is 0 Å². The van der Waals surface area contributed by atoms with Gasteiger partial charge in [0.05, 0.1) is 12.3 Å². The van der Waals surface area contributed by atoms with Crippen LogP contribution >= 0.6 is 0 Å². The summed E-state index contributed by atoms with van der Waals surface area (Å²) in [6.07, 6.45) is 5.67. The van der Waals surface area contributed by atoms with Crippen LogP contribution in [0.15, 0.2) is 12.4 Å². The van der Waals surface area contributed by atoms with Crippen LogP contribution in [0.25, 0.3) is 5.82 Å². The van der Waals surface area contributed by atoms with E-state index in [1.54, 1.807) is 10.9 Å². The molecule has 0 radical (unpaired) electrons. The number of hydrogen-bond acceptors (Lipinski definition) is 3. The first-order valence-corrected chi connectivity index (χ1v) is 5.85. The Morgan fingerprint density at radius 3 is 2.82 bits per heavy atom. The second-order valence-electron chi connectivity index (χ2n) is 4.13. The molecule has 1 N–H and O–H groups in total. The highest BCUT2D eigenvalue weighted by atomic mass is 16.3. The highest BCUT2D eigenvalue weighted by Crippen LogP contribution is 2.19. The van der Waals surface area contributed by atoms with E-state index in [1.165, 1.54) is 0 Å². The molecular formula is C12H18N4O. The second-order valence-corrected chi connectivity index (χ2v) is 4.13. The molecule has 0 unspecified atom stereocenters. The molecule has 0 atom stereocenters. The van der Waals surface area contributed by atoms with Crippen LogP contribution in [-0.4, -0.2) is 24.4 Å². The lowest BCUT2D eigenvalue weighted by molar-refractivity contribution is 0.280. The zero-order chi connectivity index (χ0) is 12.4. The van der Waals surface area contributed by atoms with Crippen LogP contribution in [0.5, 0.6) is 0 Å². The SMILES string of the molecule is CCCc1nccn1-c1c(CO)c(C)nn1C. The van der Waals surface area contributed by atoms with Gasteiger partial charge in [0.25, 0.3) is 0 Å². The second kappa shape index (κ2) is 4.71. The number of aliphatic hydroxyl groups excluding tert-OH is 1. The molecule has 0 bridgehead atoms. The summed E-state index contributed by atoms with van der Waals surface area (Å²) < 4.78 is 3.80. The Bertz CT molecular complexity index is 513. The van der Waals surface area contributed by atoms with Gasteiger partial charge in [-0.05, 0) is 13.3 Å². The minimum atomic E-state index is -0.00124. The van der Waals surface area contributed by atoms with Gasteiger partial charge in [-0.2, -0.15) is 5.10 Å². The van der Waals surface area contributed by atoms with Crippen LogP contribution in [0.1, 0.15) is 30.4 Å². The highest BCUT2D eigenvalue weighted by molar-refractivity contribution is 5.38. The molecule has 92 valence electrons. The van der Waals surface area contributed by atoms with Crippen molar-refractivity contribution in [1.29, 1.82) is 0 Å². The largest absolute Gasteiger partial charge is 0.391 e. The molecule has 0 aliphatic heterocycles. The smallest absolute Gasteiger partial charge is 0.141 e. The van der Waals surface area contributed by atoms with E-state index in [0.717, 1.165) is 35.7 Å². The number of aromatic nitrogens is 4. The van der Waals surface area contributed by atoms with Gasteiger partial charge in [0.1, 0.15) is 11.6 Å². The van der Waals surface area contributed by atoms with Gasteiger partial charge in [-0.25, -0.2) is 4.98 Å². The van der Waals surface area contributed by atoms with Crippen molar-refractivity contribution in [3.05, 3.63) is 29.5 Å². The molecular weight excluding hydrogens is 216 g/mol. The molecule has 2 aromatic heterocycles. The molecule has 0 saturated carbocycles. The Labute approximate surface area is 101 Å². The molecule has 5 nitrogen and oxygen atoms in total. The Hall–Kier alpha value is -1.62. The van der Waals surface area contributed by atoms with Crippen molar-refractivity contribution < 1.29 is 5.11 Å². The van der Waals surface area contributed by atoms with Gasteiger partial charge in [-0.1, -0.05) is 6.92 Å². The molecule has 0 spiro atoms. The Balaban J connectivity index is 2.55. The maximum absolute atomic E-state index is 9.45. The van der Waals surface area contributed by atoms with Crippen LogP contribution in [0, 0.1) is 6.92 Å². The van der Waals surface area contributed by atoms with Crippen molar-refractivity contribution in [1.82, 2.24) is 19.3 Å². The maximum Gasteiger partial charge on any atom is 0.141 e. The van der Waals surface area contributed by atoms with Crippen molar-refractivity contribution in [3.8, 4) is 5.82 Å².